The van der Waals surface area contributed by atoms with Crippen molar-refractivity contribution in [1.29, 1.82) is 0 Å². The van der Waals surface area contributed by atoms with E-state index < -0.39 is 16.3 Å². The number of rotatable bonds is 5. The van der Waals surface area contributed by atoms with E-state index in [1.807, 2.05) is 0 Å². The molecule has 10 heterocycles. The topological polar surface area (TPSA) is 29.5 Å². The van der Waals surface area contributed by atoms with Gasteiger partial charge in [-0.25, -0.2) is 0 Å². The number of ether oxygens (including phenoxy) is 1. The van der Waals surface area contributed by atoms with Gasteiger partial charge in [0.1, 0.15) is 0 Å². The molecule has 0 aromatic rings. The zero-order chi connectivity index (χ0) is 12.3. The molecule has 10 saturated heterocycles. The zero-order valence-electron chi connectivity index (χ0n) is 11.5. The normalized spacial score (nSPS) is 112. The Bertz CT molecular complexity index is 905. The second-order valence-corrected chi connectivity index (χ2v) is 36.3. The van der Waals surface area contributed by atoms with Gasteiger partial charge in [-0.05, 0) is 0 Å². The fourth-order valence-corrected chi connectivity index (χ4v) is 94.9. The monoisotopic (exact) mass is 318 g/mol. The van der Waals surface area contributed by atoms with Crippen molar-refractivity contribution in [1.82, 2.24) is 0 Å². The first-order chi connectivity index (χ1) is 8.94. The molecule has 0 bridgehead atoms. The minimum absolute atomic E-state index is 0.444. The molecule has 10 aliphatic heterocycles. The maximum atomic E-state index is 9.16. The van der Waals surface area contributed by atoms with Crippen molar-refractivity contribution in [3.05, 3.63) is 0 Å². The van der Waals surface area contributed by atoms with E-state index in [4.69, 9.17) is 9.53 Å². The Morgan fingerprint density at radius 1 is 1.05 bits per heavy atom. The molecule has 6 unspecified atom stereocenters. The van der Waals surface area contributed by atoms with Crippen molar-refractivity contribution in [2.24, 2.45) is 5.92 Å². The standard InChI is InChI=1S/C10H17O2Si.C5H5.Fe/c1-8(9(2)12-7-13-11)10-5-3-4-6-10;1-2-4-5-3-1;/h3-6,8-9,11H,7,13H2,1-2H3;1-5H;. The summed E-state index contributed by atoms with van der Waals surface area (Å²) in [5.74, 6) is 0.863. The Morgan fingerprint density at radius 3 is 1.89 bits per heavy atom. The van der Waals surface area contributed by atoms with Crippen LogP contribution < -0.4 is 0 Å². The number of fused-ring (bicyclic) bond motifs is 10. The van der Waals surface area contributed by atoms with Gasteiger partial charge in [-0.1, -0.05) is 0 Å². The van der Waals surface area contributed by atoms with Gasteiger partial charge in [0.15, 0.2) is 0 Å². The van der Waals surface area contributed by atoms with Crippen molar-refractivity contribution in [3.8, 4) is 0 Å². The van der Waals surface area contributed by atoms with E-state index in [0.717, 1.165) is 10.2 Å². The summed E-state index contributed by atoms with van der Waals surface area (Å²) in [4.78, 5) is 22.0. The summed E-state index contributed by atoms with van der Waals surface area (Å²) in [6.45, 7) is 2.03. The van der Waals surface area contributed by atoms with Crippen LogP contribution in [0.4, 0.5) is 0 Å². The minimum atomic E-state index is -2.88. The van der Waals surface area contributed by atoms with Gasteiger partial charge in [0.25, 0.3) is 0 Å². The van der Waals surface area contributed by atoms with E-state index in [-0.39, 0.29) is 0 Å². The molecule has 1 N–H and O–H groups in total. The van der Waals surface area contributed by atoms with E-state index in [0.29, 0.717) is 12.3 Å². The predicted octanol–water partition coefficient (Wildman–Crippen LogP) is 2.82. The summed E-state index contributed by atoms with van der Waals surface area (Å²) in [5.41, 5.74) is 0. The van der Waals surface area contributed by atoms with E-state index in [1.54, 1.807) is 0 Å². The third-order valence-corrected chi connectivity index (χ3v) is 59.9. The molecule has 0 aromatic heterocycles. The average molecular weight is 318 g/mol. The third kappa shape index (κ3) is 0.0999. The van der Waals surface area contributed by atoms with Gasteiger partial charge in [0.05, 0.1) is 0 Å². The molecule has 1 spiro atoms. The quantitative estimate of drug-likeness (QED) is 0.790. The fraction of sp³-hybridized carbons (Fsp3) is 1.00. The number of hydrogen-bond donors (Lipinski definition) is 1. The predicted molar refractivity (Wildman–Crippen MR) is 71.8 cm³/mol. The number of hydrogen-bond acceptors (Lipinski definition) is 2. The second kappa shape index (κ2) is 0.757. The molecule has 0 aliphatic carbocycles. The molecule has 10 aliphatic rings. The van der Waals surface area contributed by atoms with Gasteiger partial charge < -0.3 is 0 Å². The first kappa shape index (κ1) is 8.33. The summed E-state index contributed by atoms with van der Waals surface area (Å²) in [6, 6.07) is 0. The van der Waals surface area contributed by atoms with Crippen LogP contribution in [0.25, 0.3) is 0 Å². The molecule has 19 heavy (non-hydrogen) atoms. The summed E-state index contributed by atoms with van der Waals surface area (Å²) >= 11 is 0. The van der Waals surface area contributed by atoms with Gasteiger partial charge in [0, 0.05) is 0 Å². The molecule has 106 valence electrons. The van der Waals surface area contributed by atoms with Crippen molar-refractivity contribution in [2.45, 2.75) is 67.6 Å². The average Bonchev–Trinajstić information content (AvgIpc) is 3.36. The van der Waals surface area contributed by atoms with E-state index in [2.05, 4.69) is 13.8 Å². The van der Waals surface area contributed by atoms with Crippen LogP contribution in [0, 0.1) is 5.92 Å². The van der Waals surface area contributed by atoms with Crippen LogP contribution in [-0.2, 0) is 11.2 Å². The molecular weight excluding hydrogens is 296 g/mol. The van der Waals surface area contributed by atoms with Gasteiger partial charge in [-0.3, -0.25) is 0 Å². The Balaban J connectivity index is 1.31. The van der Waals surface area contributed by atoms with Crippen LogP contribution in [0.3, 0.4) is 0 Å². The summed E-state index contributed by atoms with van der Waals surface area (Å²) < 4.78 is 7.02. The first-order valence-corrected chi connectivity index (χ1v) is 16.3. The third-order valence-electron chi connectivity index (χ3n) is 16.7. The zero-order valence-corrected chi connectivity index (χ0v) is 14.0. The molecular formula is C15H22FeO2Si. The van der Waals surface area contributed by atoms with Crippen molar-refractivity contribution in [2.75, 3.05) is 6.23 Å². The molecule has 10 fully saturated rings. The van der Waals surface area contributed by atoms with E-state index >= 15 is 0 Å². The molecule has 4 heteroatoms. The van der Waals surface area contributed by atoms with Crippen molar-refractivity contribution >= 4 is 9.76 Å². The van der Waals surface area contributed by atoms with Crippen LogP contribution in [0.2, 0.25) is 47.7 Å². The van der Waals surface area contributed by atoms with Crippen LogP contribution in [-0.4, -0.2) is 26.9 Å². The molecule has 6 atom stereocenters. The van der Waals surface area contributed by atoms with Gasteiger partial charge in [0.2, 0.25) is 0 Å². The Kier molecular flexibility index (Phi) is 0.332. The van der Waals surface area contributed by atoms with Crippen molar-refractivity contribution in [3.63, 3.8) is 0 Å². The molecule has 0 amide bonds. The molecule has 0 radical (unpaired) electrons. The van der Waals surface area contributed by atoms with Crippen LogP contribution in [0.15, 0.2) is 0 Å². The van der Waals surface area contributed by atoms with Gasteiger partial charge in [-0.2, -0.15) is 0 Å². The molecule has 10 rings (SSSR count). The summed E-state index contributed by atoms with van der Waals surface area (Å²) in [6.07, 6.45) is 1.14. The first-order valence-electron chi connectivity index (χ1n) is 8.38. The molecule has 0 saturated carbocycles. The molecule has 2 nitrogen and oxygen atoms in total. The Morgan fingerprint density at radius 2 is 1.58 bits per heavy atom. The van der Waals surface area contributed by atoms with Gasteiger partial charge >= 0.3 is 106 Å². The second-order valence-electron chi connectivity index (χ2n) is 11.8. The fourth-order valence-electron chi connectivity index (χ4n) is 18.4. The Hall–Kier alpha value is 0.656. The molecule has 0 aromatic carbocycles. The van der Waals surface area contributed by atoms with Gasteiger partial charge in [-0.15, -0.1) is 0 Å². The van der Waals surface area contributed by atoms with Crippen LogP contribution >= 0.6 is 0 Å². The van der Waals surface area contributed by atoms with E-state index in [1.165, 1.54) is 43.3 Å². The van der Waals surface area contributed by atoms with Crippen LogP contribution in [0.1, 0.15) is 13.8 Å². The van der Waals surface area contributed by atoms with E-state index in [9.17, 15) is 0 Å². The summed E-state index contributed by atoms with van der Waals surface area (Å²) in [5, 5.41) is 0. The van der Waals surface area contributed by atoms with Crippen LogP contribution in [0.5, 0.6) is 0 Å². The SMILES string of the molecule is CC(OC[SiH2]O)C(C)[C]12[CH]3[CH]4[CH]5[CH]1[Fe]45321678[CH]2[CH]1[CH]6[CH]7[CH]28. The maximum absolute atomic E-state index is 9.16. The summed E-state index contributed by atoms with van der Waals surface area (Å²) in [7, 11) is -0.907. The Labute approximate surface area is 105 Å². The van der Waals surface area contributed by atoms with Crippen molar-refractivity contribution < 1.29 is 16.0 Å².